The maximum absolute atomic E-state index is 13.9. The van der Waals surface area contributed by atoms with Crippen LogP contribution in [0.4, 0.5) is 0 Å². The topological polar surface area (TPSA) is 166 Å². The third-order valence-corrected chi connectivity index (χ3v) is 11.0. The Hall–Kier alpha value is -6.55. The number of rotatable bonds is 15. The Kier molecular flexibility index (Phi) is 11.6. The number of carbonyl (C=O) groups excluding carboxylic acids is 2. The summed E-state index contributed by atoms with van der Waals surface area (Å²) in [6.07, 6.45) is 0.168. The summed E-state index contributed by atoms with van der Waals surface area (Å²) < 4.78 is 40.8. The van der Waals surface area contributed by atoms with E-state index in [1.54, 1.807) is 17.5 Å². The molecule has 1 fully saturated rings. The van der Waals surface area contributed by atoms with Crippen LogP contribution in [0.25, 0.3) is 0 Å². The number of thiophene rings is 1. The number of oxime groups is 1. The predicted octanol–water partition coefficient (Wildman–Crippen LogP) is 5.74. The van der Waals surface area contributed by atoms with Crippen LogP contribution in [0.5, 0.6) is 5.75 Å². The number of nitrogens with one attached hydrogen (secondary N) is 1. The number of hydrogen-bond acceptors (Lipinski definition) is 10. The Morgan fingerprint density at radius 2 is 1.33 bits per heavy atom. The smallest absolute Gasteiger partial charge is 0.362 e. The van der Waals surface area contributed by atoms with E-state index in [1.165, 1.54) is 35.3 Å². The van der Waals surface area contributed by atoms with Gasteiger partial charge in [-0.25, -0.2) is 4.31 Å². The van der Waals surface area contributed by atoms with Crippen molar-refractivity contribution < 1.29 is 37.0 Å². The molecule has 0 radical (unpaired) electrons. The second-order valence-corrected chi connectivity index (χ2v) is 15.2. The first-order valence-electron chi connectivity index (χ1n) is 17.7. The number of carbonyl (C=O) groups is 2. The highest BCUT2D eigenvalue weighted by atomic mass is 32.2. The highest BCUT2D eigenvalue weighted by Gasteiger charge is 2.51. The third kappa shape index (κ3) is 8.80. The zero-order chi connectivity index (χ0) is 39.9. The molecule has 0 saturated carbocycles. The Labute approximate surface area is 332 Å². The van der Waals surface area contributed by atoms with Crippen molar-refractivity contribution in [1.82, 2.24) is 14.4 Å². The first-order valence-corrected chi connectivity index (χ1v) is 20.0. The van der Waals surface area contributed by atoms with Gasteiger partial charge in [-0.1, -0.05) is 133 Å². The minimum atomic E-state index is -4.80. The first-order chi connectivity index (χ1) is 27.6. The average molecular weight is 805 g/mol. The maximum atomic E-state index is 13.9. The number of amides is 2. The summed E-state index contributed by atoms with van der Waals surface area (Å²) >= 11 is 1.18. The van der Waals surface area contributed by atoms with Gasteiger partial charge < -0.3 is 19.7 Å². The number of nitrogens with zero attached hydrogens (tertiary/aromatic N) is 3. The molecule has 0 aliphatic carbocycles. The number of pyridine rings is 1. The maximum Gasteiger partial charge on any atom is 0.362 e. The molecule has 1 aliphatic heterocycles. The van der Waals surface area contributed by atoms with Crippen molar-refractivity contribution in [3.05, 3.63) is 194 Å². The molecule has 0 unspecified atom stereocenters. The van der Waals surface area contributed by atoms with Crippen molar-refractivity contribution in [3.8, 4) is 5.75 Å². The van der Waals surface area contributed by atoms with Crippen LogP contribution in [0.15, 0.2) is 161 Å². The molecular formula is C42H36N4O9S2. The average Bonchev–Trinajstić information content (AvgIpc) is 3.76. The molecule has 0 spiro atoms. The Bertz CT molecular complexity index is 2440. The SMILES string of the molecule is C[C@H]1[C@H](NC(=O)C(=NOCc2cc(=O)c(OC(c3ccccc3)c3ccccc3)cn2OC(c2ccccc2)c2ccccc2)c2cccs2)C(=O)N1S(=O)(=O)O. The van der Waals surface area contributed by atoms with Crippen LogP contribution in [0.1, 0.15) is 52.0 Å². The van der Waals surface area contributed by atoms with Gasteiger partial charge in [-0.15, -0.1) is 11.3 Å². The lowest BCUT2D eigenvalue weighted by atomic mass is 10.0. The van der Waals surface area contributed by atoms with Crippen molar-refractivity contribution in [3.63, 3.8) is 0 Å². The summed E-state index contributed by atoms with van der Waals surface area (Å²) in [5.74, 6) is -1.82. The van der Waals surface area contributed by atoms with E-state index in [4.69, 9.17) is 14.4 Å². The summed E-state index contributed by atoms with van der Waals surface area (Å²) in [6, 6.07) is 40.5. The van der Waals surface area contributed by atoms with Gasteiger partial charge in [0, 0.05) is 6.07 Å². The molecule has 3 heterocycles. The van der Waals surface area contributed by atoms with Gasteiger partial charge in [0.05, 0.1) is 17.1 Å². The molecule has 2 N–H and O–H groups in total. The van der Waals surface area contributed by atoms with Gasteiger partial charge in [-0.2, -0.15) is 13.1 Å². The van der Waals surface area contributed by atoms with E-state index in [-0.39, 0.29) is 28.1 Å². The van der Waals surface area contributed by atoms with Gasteiger partial charge in [-0.05, 0) is 40.6 Å². The highest BCUT2D eigenvalue weighted by molar-refractivity contribution is 7.84. The Balaban J connectivity index is 1.23. The molecule has 2 aromatic heterocycles. The highest BCUT2D eigenvalue weighted by Crippen LogP contribution is 2.29. The summed E-state index contributed by atoms with van der Waals surface area (Å²) in [5.41, 5.74) is 2.85. The van der Waals surface area contributed by atoms with E-state index in [0.29, 0.717) is 4.88 Å². The van der Waals surface area contributed by atoms with Crippen LogP contribution >= 0.6 is 11.3 Å². The van der Waals surface area contributed by atoms with Gasteiger partial charge in [0.1, 0.15) is 17.8 Å². The molecule has 1 aliphatic rings. The van der Waals surface area contributed by atoms with E-state index >= 15 is 0 Å². The zero-order valence-corrected chi connectivity index (χ0v) is 32.0. The van der Waals surface area contributed by atoms with Gasteiger partial charge in [0.15, 0.2) is 24.2 Å². The molecule has 57 heavy (non-hydrogen) atoms. The van der Waals surface area contributed by atoms with E-state index in [2.05, 4.69) is 10.5 Å². The molecule has 4 aromatic carbocycles. The quantitative estimate of drug-likeness (QED) is 0.0570. The number of hydrogen-bond donors (Lipinski definition) is 2. The Morgan fingerprint density at radius 3 is 1.81 bits per heavy atom. The minimum Gasteiger partial charge on any atom is -0.475 e. The molecule has 13 nitrogen and oxygen atoms in total. The number of β-lactam (4-membered cyclic amide) rings is 1. The van der Waals surface area contributed by atoms with Gasteiger partial charge >= 0.3 is 10.3 Å². The van der Waals surface area contributed by atoms with Gasteiger partial charge in [0.2, 0.25) is 5.43 Å². The second kappa shape index (κ2) is 17.1. The number of benzene rings is 4. The van der Waals surface area contributed by atoms with Gasteiger partial charge in [-0.3, -0.25) is 18.9 Å². The van der Waals surface area contributed by atoms with Crippen molar-refractivity contribution >= 4 is 39.2 Å². The van der Waals surface area contributed by atoms with E-state index in [9.17, 15) is 27.4 Å². The molecule has 15 heteroatoms. The summed E-state index contributed by atoms with van der Waals surface area (Å²) in [6.45, 7) is 1.01. The number of aromatic nitrogens is 1. The fourth-order valence-corrected chi connectivity index (χ4v) is 7.90. The molecule has 2 atom stereocenters. The zero-order valence-electron chi connectivity index (χ0n) is 30.3. The van der Waals surface area contributed by atoms with Crippen LogP contribution in [-0.2, 0) is 31.3 Å². The molecule has 0 bridgehead atoms. The van der Waals surface area contributed by atoms with Crippen LogP contribution in [0, 0.1) is 0 Å². The van der Waals surface area contributed by atoms with Crippen LogP contribution in [0.2, 0.25) is 0 Å². The predicted molar refractivity (Wildman–Crippen MR) is 213 cm³/mol. The van der Waals surface area contributed by atoms with E-state index < -0.39 is 51.8 Å². The molecule has 7 rings (SSSR count). The first kappa shape index (κ1) is 38.7. The molecule has 290 valence electrons. The fraction of sp³-hybridized carbons (Fsp3) is 0.143. The van der Waals surface area contributed by atoms with E-state index in [1.807, 2.05) is 121 Å². The minimum absolute atomic E-state index is 0.00305. The second-order valence-electron chi connectivity index (χ2n) is 12.9. The van der Waals surface area contributed by atoms with Crippen molar-refractivity contribution in [2.75, 3.05) is 0 Å². The lowest BCUT2D eigenvalue weighted by Gasteiger charge is -2.42. The van der Waals surface area contributed by atoms with Crippen molar-refractivity contribution in [2.24, 2.45) is 5.16 Å². The van der Waals surface area contributed by atoms with Gasteiger partial charge in [0.25, 0.3) is 11.8 Å². The monoisotopic (exact) mass is 804 g/mol. The number of ether oxygens (including phenoxy) is 1. The summed E-state index contributed by atoms with van der Waals surface area (Å²) in [5, 5.41) is 8.33. The summed E-state index contributed by atoms with van der Waals surface area (Å²) in [4.78, 5) is 52.8. The van der Waals surface area contributed by atoms with Crippen LogP contribution in [0.3, 0.4) is 0 Å². The van der Waals surface area contributed by atoms with Crippen molar-refractivity contribution in [1.29, 1.82) is 0 Å². The summed E-state index contributed by atoms with van der Waals surface area (Å²) in [7, 11) is -4.80. The molecule has 2 amide bonds. The molecular weight excluding hydrogens is 769 g/mol. The van der Waals surface area contributed by atoms with Crippen LogP contribution < -0.4 is 20.3 Å². The van der Waals surface area contributed by atoms with Crippen molar-refractivity contribution in [2.45, 2.75) is 37.8 Å². The lowest BCUT2D eigenvalue weighted by molar-refractivity contribution is -0.143. The fourth-order valence-electron chi connectivity index (χ4n) is 6.31. The molecule has 6 aromatic rings. The van der Waals surface area contributed by atoms with E-state index in [0.717, 1.165) is 22.3 Å². The standard InChI is InChI=1S/C42H36N4O9S2/c1-28-37(42(49)46(28)57(50,51)52)43-41(48)38(36-23-14-24-56-36)44-53-27-33-25-34(47)35(54-39(29-15-6-2-7-16-29)30-17-8-3-9-18-30)26-45(33)55-40(31-19-10-4-11-20-31)32-21-12-5-13-22-32/h2-26,28,37,39-40H,27H2,1H3,(H,43,48)(H,50,51,52)/t28-,37-/m0/s1. The normalized spacial score (nSPS) is 15.6. The Morgan fingerprint density at radius 1 is 0.807 bits per heavy atom. The molecule has 1 saturated heterocycles. The lowest BCUT2D eigenvalue weighted by Crippen LogP contribution is -2.71. The van der Waals surface area contributed by atoms with Crippen LogP contribution in [-0.4, -0.2) is 51.6 Å². The third-order valence-electron chi connectivity index (χ3n) is 9.14. The largest absolute Gasteiger partial charge is 0.475 e.